The summed E-state index contributed by atoms with van der Waals surface area (Å²) in [5.41, 5.74) is 4.74. The number of Topliss-reactive ketones (excluding diaryl/α,β-unsaturated/α-hetero) is 4. The molecule has 2 saturated carbocycles. The van der Waals surface area contributed by atoms with Gasteiger partial charge in [0.1, 0.15) is 5.75 Å². The largest absolute Gasteiger partial charge is 0.507 e. The zero-order valence-electron chi connectivity index (χ0n) is 19.8. The zero-order valence-corrected chi connectivity index (χ0v) is 19.8. The zero-order chi connectivity index (χ0) is 26.1. The second kappa shape index (κ2) is 8.18. The third-order valence-electron chi connectivity index (χ3n) is 8.03. The van der Waals surface area contributed by atoms with Crippen LogP contribution in [0.5, 0.6) is 5.75 Å². The third-order valence-corrected chi connectivity index (χ3v) is 8.03. The molecule has 9 heteroatoms. The van der Waals surface area contributed by atoms with Crippen molar-refractivity contribution in [1.82, 2.24) is 4.90 Å². The van der Waals surface area contributed by atoms with E-state index in [1.165, 1.54) is 11.0 Å². The maximum absolute atomic E-state index is 13.8. The number of phenolic OH excluding ortho intramolecular Hbond substituents is 1. The predicted molar refractivity (Wildman–Crippen MR) is 127 cm³/mol. The number of aromatic hydroxyl groups is 1. The van der Waals surface area contributed by atoms with Gasteiger partial charge in [0.25, 0.3) is 0 Å². The average Bonchev–Trinajstić information content (AvgIpc) is 2.81. The molecule has 0 bridgehead atoms. The first-order valence-corrected chi connectivity index (χ1v) is 11.7. The molecule has 2 aromatic carbocycles. The summed E-state index contributed by atoms with van der Waals surface area (Å²) in [6.07, 6.45) is 0.248. The normalized spacial score (nSPS) is 31.6. The van der Waals surface area contributed by atoms with Crippen LogP contribution in [0.1, 0.15) is 22.3 Å². The number of carbonyl (C=O) groups is 5. The average molecular weight is 491 g/mol. The predicted octanol–water partition coefficient (Wildman–Crippen LogP) is 0.534. The van der Waals surface area contributed by atoms with Gasteiger partial charge in [-0.1, -0.05) is 36.4 Å². The molecule has 1 amide bonds. The molecule has 2 aromatic rings. The Bertz CT molecular complexity index is 1340. The van der Waals surface area contributed by atoms with E-state index in [0.29, 0.717) is 5.56 Å². The maximum atomic E-state index is 13.8. The van der Waals surface area contributed by atoms with Gasteiger partial charge in [-0.25, -0.2) is 0 Å². The van der Waals surface area contributed by atoms with Crippen molar-refractivity contribution in [3.8, 4) is 16.9 Å². The van der Waals surface area contributed by atoms with Crippen molar-refractivity contribution in [3.05, 3.63) is 53.6 Å². The first-order chi connectivity index (χ1) is 17.0. The smallest absolute Gasteiger partial charge is 0.235 e. The molecule has 2 unspecified atom stereocenters. The number of aliphatic hydroxyl groups is 1. The highest BCUT2D eigenvalue weighted by atomic mass is 16.3. The van der Waals surface area contributed by atoms with Gasteiger partial charge in [0.15, 0.2) is 34.7 Å². The second-order valence-electron chi connectivity index (χ2n) is 10.1. The highest BCUT2D eigenvalue weighted by Gasteiger charge is 2.69. The van der Waals surface area contributed by atoms with Crippen molar-refractivity contribution in [3.63, 3.8) is 0 Å². The maximum Gasteiger partial charge on any atom is 0.235 e. The van der Waals surface area contributed by atoms with Crippen LogP contribution in [0, 0.1) is 23.7 Å². The first kappa shape index (κ1) is 24.0. The fourth-order valence-corrected chi connectivity index (χ4v) is 6.49. The molecule has 4 N–H and O–H groups in total. The van der Waals surface area contributed by atoms with E-state index in [1.807, 2.05) is 30.3 Å². The fourth-order valence-electron chi connectivity index (χ4n) is 6.49. The van der Waals surface area contributed by atoms with E-state index >= 15 is 0 Å². The Labute approximate surface area is 206 Å². The number of nitrogens with two attached hydrogens (primary N) is 1. The molecular formula is C27H26N2O7. The molecule has 6 atom stereocenters. The minimum atomic E-state index is -2.72. The number of hydrogen-bond acceptors (Lipinski definition) is 8. The molecule has 3 aliphatic rings. The number of ketones is 4. The van der Waals surface area contributed by atoms with Crippen LogP contribution in [0.3, 0.4) is 0 Å². The lowest BCUT2D eigenvalue weighted by Gasteiger charge is -2.52. The van der Waals surface area contributed by atoms with Crippen molar-refractivity contribution in [2.75, 3.05) is 14.1 Å². The first-order valence-electron chi connectivity index (χ1n) is 11.7. The van der Waals surface area contributed by atoms with E-state index < -0.39 is 64.4 Å². The Morgan fingerprint density at radius 1 is 1.03 bits per heavy atom. The highest BCUT2D eigenvalue weighted by molar-refractivity contribution is 6.32. The lowest BCUT2D eigenvalue weighted by molar-refractivity contribution is -0.181. The monoisotopic (exact) mass is 490 g/mol. The topological polar surface area (TPSA) is 155 Å². The van der Waals surface area contributed by atoms with Gasteiger partial charge in [0.05, 0.1) is 17.5 Å². The molecule has 0 saturated heterocycles. The van der Waals surface area contributed by atoms with Crippen LogP contribution >= 0.6 is 0 Å². The molecule has 9 nitrogen and oxygen atoms in total. The van der Waals surface area contributed by atoms with Gasteiger partial charge >= 0.3 is 0 Å². The molecular weight excluding hydrogens is 464 g/mol. The molecule has 5 rings (SSSR count). The number of likely N-dealkylation sites (N-methyl/N-ethyl adjacent to an activating group) is 1. The lowest BCUT2D eigenvalue weighted by Crippen LogP contribution is -2.74. The van der Waals surface area contributed by atoms with Crippen LogP contribution in [0.25, 0.3) is 11.1 Å². The van der Waals surface area contributed by atoms with Crippen LogP contribution in [-0.4, -0.2) is 69.9 Å². The molecule has 0 spiro atoms. The standard InChI is InChI=1S/C27H26N2O7/c1-29(2)21-16-11-13-10-15-14(12-6-4-3-5-7-12)8-9-17(30)19(15)22(31)18(13)24(33)27(16,36)25(34)20(23(21)32)26(28)35/h3-9,13,16,18,20-21,30,36H,10-11H2,1-2H3,(H2,28,35)/t13-,16-,18?,20?,21-,27-/m1/s1. The van der Waals surface area contributed by atoms with E-state index in [1.54, 1.807) is 20.2 Å². The third kappa shape index (κ3) is 3.12. The number of amides is 1. The van der Waals surface area contributed by atoms with Gasteiger partial charge in [-0.2, -0.15) is 0 Å². The Morgan fingerprint density at radius 3 is 2.31 bits per heavy atom. The van der Waals surface area contributed by atoms with Gasteiger partial charge in [-0.15, -0.1) is 0 Å². The van der Waals surface area contributed by atoms with Crippen molar-refractivity contribution >= 4 is 29.0 Å². The molecule has 186 valence electrons. The number of phenols is 1. The summed E-state index contributed by atoms with van der Waals surface area (Å²) in [6, 6.07) is 11.3. The van der Waals surface area contributed by atoms with Gasteiger partial charge < -0.3 is 15.9 Å². The molecule has 0 aromatic heterocycles. The van der Waals surface area contributed by atoms with Gasteiger partial charge in [-0.3, -0.25) is 28.9 Å². The van der Waals surface area contributed by atoms with Crippen molar-refractivity contribution in [2.24, 2.45) is 29.4 Å². The van der Waals surface area contributed by atoms with E-state index in [4.69, 9.17) is 5.73 Å². The summed E-state index contributed by atoms with van der Waals surface area (Å²) >= 11 is 0. The van der Waals surface area contributed by atoms with Gasteiger partial charge in [0, 0.05) is 5.92 Å². The summed E-state index contributed by atoms with van der Waals surface area (Å²) in [5.74, 6) is -10.4. The van der Waals surface area contributed by atoms with Crippen LogP contribution in [0.2, 0.25) is 0 Å². The number of primary amides is 1. The number of nitrogens with zero attached hydrogens (tertiary/aromatic N) is 1. The van der Waals surface area contributed by atoms with Crippen LogP contribution < -0.4 is 5.73 Å². The molecule has 2 fully saturated rings. The fraction of sp³-hybridized carbons (Fsp3) is 0.370. The molecule has 0 heterocycles. The van der Waals surface area contributed by atoms with E-state index in [-0.39, 0.29) is 24.2 Å². The van der Waals surface area contributed by atoms with E-state index in [2.05, 4.69) is 0 Å². The Morgan fingerprint density at radius 2 is 1.69 bits per heavy atom. The van der Waals surface area contributed by atoms with Crippen LogP contribution in [0.4, 0.5) is 0 Å². The Kier molecular flexibility index (Phi) is 5.46. The second-order valence-corrected chi connectivity index (χ2v) is 10.1. The van der Waals surface area contributed by atoms with E-state index in [0.717, 1.165) is 11.1 Å². The minimum absolute atomic E-state index is 0.0112. The number of carbonyl (C=O) groups excluding carboxylic acids is 5. The van der Waals surface area contributed by atoms with Gasteiger partial charge in [0.2, 0.25) is 5.91 Å². The Hall–Kier alpha value is -3.69. The van der Waals surface area contributed by atoms with Crippen molar-refractivity contribution in [1.29, 1.82) is 0 Å². The molecule has 0 radical (unpaired) electrons. The number of benzene rings is 2. The molecule has 3 aliphatic carbocycles. The van der Waals surface area contributed by atoms with Crippen molar-refractivity contribution < 1.29 is 34.2 Å². The van der Waals surface area contributed by atoms with Crippen molar-refractivity contribution in [2.45, 2.75) is 24.5 Å². The summed E-state index contributed by atoms with van der Waals surface area (Å²) in [5, 5.41) is 22.2. The van der Waals surface area contributed by atoms with E-state index in [9.17, 15) is 34.2 Å². The highest BCUT2D eigenvalue weighted by Crippen LogP contribution is 2.51. The van der Waals surface area contributed by atoms with Crippen LogP contribution in [0.15, 0.2) is 42.5 Å². The Balaban J connectivity index is 1.66. The molecule has 36 heavy (non-hydrogen) atoms. The number of rotatable bonds is 3. The van der Waals surface area contributed by atoms with Crippen LogP contribution in [-0.2, 0) is 25.6 Å². The minimum Gasteiger partial charge on any atom is -0.507 e. The summed E-state index contributed by atoms with van der Waals surface area (Å²) in [4.78, 5) is 67.4. The summed E-state index contributed by atoms with van der Waals surface area (Å²) in [7, 11) is 3.11. The SMILES string of the molecule is CN(C)[C@H]1C(=O)C(C(N)=O)C(=O)[C@]2(O)C(=O)C3C(=O)c4c(O)ccc(-c5ccccc5)c4C[C@@H]3C[C@H]12. The summed E-state index contributed by atoms with van der Waals surface area (Å²) in [6.45, 7) is 0. The number of fused-ring (bicyclic) bond motifs is 3. The summed E-state index contributed by atoms with van der Waals surface area (Å²) < 4.78 is 0. The van der Waals surface area contributed by atoms with Gasteiger partial charge in [-0.05, 0) is 55.6 Å². The quantitative estimate of drug-likeness (QED) is 0.527. The lowest BCUT2D eigenvalue weighted by atomic mass is 9.52. The number of hydrogen-bond donors (Lipinski definition) is 3. The molecule has 0 aliphatic heterocycles.